The predicted molar refractivity (Wildman–Crippen MR) is 79.6 cm³/mol. The molecular formula is C15H29N3O2. The van der Waals surface area contributed by atoms with Crippen molar-refractivity contribution in [2.24, 2.45) is 5.73 Å². The topological polar surface area (TPSA) is 58.8 Å². The quantitative estimate of drug-likeness (QED) is 0.799. The molecule has 116 valence electrons. The lowest BCUT2D eigenvalue weighted by Gasteiger charge is -2.41. The Bertz CT molecular complexity index is 295. The van der Waals surface area contributed by atoms with Crippen LogP contribution in [0.3, 0.4) is 0 Å². The Hall–Kier alpha value is -0.810. The number of carbonyl (C=O) groups is 1. The fourth-order valence-corrected chi connectivity index (χ4v) is 3.13. The van der Waals surface area contributed by atoms with Gasteiger partial charge in [-0.1, -0.05) is 13.3 Å². The molecule has 1 saturated carbocycles. The first-order valence-electron chi connectivity index (χ1n) is 8.12. The van der Waals surface area contributed by atoms with Gasteiger partial charge in [0.2, 0.25) is 0 Å². The van der Waals surface area contributed by atoms with E-state index in [2.05, 4.69) is 11.8 Å². The van der Waals surface area contributed by atoms with Crippen LogP contribution in [-0.2, 0) is 4.74 Å². The molecule has 0 spiro atoms. The van der Waals surface area contributed by atoms with E-state index in [4.69, 9.17) is 10.5 Å². The van der Waals surface area contributed by atoms with Gasteiger partial charge in [-0.25, -0.2) is 4.79 Å². The van der Waals surface area contributed by atoms with Crippen LogP contribution in [0.2, 0.25) is 0 Å². The summed E-state index contributed by atoms with van der Waals surface area (Å²) in [5.41, 5.74) is 5.96. The van der Waals surface area contributed by atoms with Crippen LogP contribution in [0, 0.1) is 0 Å². The number of hydrogen-bond donors (Lipinski definition) is 1. The summed E-state index contributed by atoms with van der Waals surface area (Å²) in [7, 11) is 0. The normalized spacial score (nSPS) is 28.4. The van der Waals surface area contributed by atoms with E-state index in [0.29, 0.717) is 18.7 Å². The summed E-state index contributed by atoms with van der Waals surface area (Å²) in [6, 6.07) is 1.08. The molecule has 1 aliphatic carbocycles. The number of amides is 1. The third-order valence-electron chi connectivity index (χ3n) is 4.55. The van der Waals surface area contributed by atoms with Gasteiger partial charge in [0.05, 0.1) is 6.61 Å². The number of rotatable bonds is 4. The van der Waals surface area contributed by atoms with Crippen molar-refractivity contribution < 1.29 is 9.53 Å². The second-order valence-corrected chi connectivity index (χ2v) is 6.06. The Morgan fingerprint density at radius 3 is 2.40 bits per heavy atom. The Morgan fingerprint density at radius 2 is 1.80 bits per heavy atom. The van der Waals surface area contributed by atoms with Crippen LogP contribution in [0.25, 0.3) is 0 Å². The number of carbonyl (C=O) groups excluding carboxylic acids is 1. The third-order valence-corrected chi connectivity index (χ3v) is 4.55. The molecule has 0 aromatic rings. The van der Waals surface area contributed by atoms with E-state index in [1.807, 2.05) is 4.90 Å². The van der Waals surface area contributed by atoms with Crippen LogP contribution in [0.15, 0.2) is 0 Å². The van der Waals surface area contributed by atoms with Crippen molar-refractivity contribution >= 4 is 6.09 Å². The van der Waals surface area contributed by atoms with Gasteiger partial charge in [-0.05, 0) is 32.1 Å². The number of nitrogens with zero attached hydrogens (tertiary/aromatic N) is 2. The zero-order valence-corrected chi connectivity index (χ0v) is 12.7. The highest BCUT2D eigenvalue weighted by molar-refractivity contribution is 5.67. The van der Waals surface area contributed by atoms with Gasteiger partial charge >= 0.3 is 6.09 Å². The van der Waals surface area contributed by atoms with Gasteiger partial charge in [0.25, 0.3) is 0 Å². The first kappa shape index (κ1) is 15.6. The molecule has 0 aromatic heterocycles. The van der Waals surface area contributed by atoms with Crippen molar-refractivity contribution in [1.29, 1.82) is 0 Å². The molecule has 0 atom stereocenters. The van der Waals surface area contributed by atoms with Gasteiger partial charge in [0.1, 0.15) is 0 Å². The summed E-state index contributed by atoms with van der Waals surface area (Å²) >= 11 is 0. The lowest BCUT2D eigenvalue weighted by atomic mass is 9.90. The Kier molecular flexibility index (Phi) is 6.10. The highest BCUT2D eigenvalue weighted by atomic mass is 16.6. The molecule has 2 fully saturated rings. The van der Waals surface area contributed by atoms with E-state index in [1.54, 1.807) is 0 Å². The fraction of sp³-hybridized carbons (Fsp3) is 0.933. The van der Waals surface area contributed by atoms with E-state index < -0.39 is 0 Å². The average molecular weight is 283 g/mol. The number of nitrogens with two attached hydrogens (primary N) is 1. The average Bonchev–Trinajstić information content (AvgIpc) is 2.48. The lowest BCUT2D eigenvalue weighted by Crippen LogP contribution is -2.53. The minimum atomic E-state index is -0.135. The molecule has 0 radical (unpaired) electrons. The van der Waals surface area contributed by atoms with Gasteiger partial charge < -0.3 is 15.4 Å². The second kappa shape index (κ2) is 7.84. The molecule has 2 rings (SSSR count). The van der Waals surface area contributed by atoms with E-state index in [-0.39, 0.29) is 6.09 Å². The molecule has 0 bridgehead atoms. The minimum absolute atomic E-state index is 0.135. The van der Waals surface area contributed by atoms with Gasteiger partial charge in [-0.15, -0.1) is 0 Å². The molecule has 2 N–H and O–H groups in total. The summed E-state index contributed by atoms with van der Waals surface area (Å²) in [4.78, 5) is 16.2. The monoisotopic (exact) mass is 283 g/mol. The molecular weight excluding hydrogens is 254 g/mol. The van der Waals surface area contributed by atoms with Gasteiger partial charge in [-0.2, -0.15) is 0 Å². The summed E-state index contributed by atoms with van der Waals surface area (Å²) in [5.74, 6) is 0. The van der Waals surface area contributed by atoms with E-state index in [1.165, 1.54) is 12.8 Å². The number of piperazine rings is 1. The summed E-state index contributed by atoms with van der Waals surface area (Å²) in [5, 5.41) is 0. The number of ether oxygens (including phenoxy) is 1. The van der Waals surface area contributed by atoms with E-state index in [9.17, 15) is 4.79 Å². The van der Waals surface area contributed by atoms with Crippen molar-refractivity contribution in [3.05, 3.63) is 0 Å². The van der Waals surface area contributed by atoms with Crippen LogP contribution >= 0.6 is 0 Å². The van der Waals surface area contributed by atoms with E-state index in [0.717, 1.165) is 51.9 Å². The third kappa shape index (κ3) is 4.35. The first-order chi connectivity index (χ1) is 9.70. The smallest absolute Gasteiger partial charge is 0.409 e. The standard InChI is InChI=1S/C15H29N3O2/c1-2-3-12-20-15(19)18-10-8-17(9-11-18)14-6-4-13(16)5-7-14/h13-14H,2-12,16H2,1H3/t13-,14-. The Labute approximate surface area is 122 Å². The number of hydrogen-bond acceptors (Lipinski definition) is 4. The molecule has 0 aromatic carbocycles. The highest BCUT2D eigenvalue weighted by Gasteiger charge is 2.28. The van der Waals surface area contributed by atoms with Crippen LogP contribution in [0.5, 0.6) is 0 Å². The molecule has 0 unspecified atom stereocenters. The summed E-state index contributed by atoms with van der Waals surface area (Å²) < 4.78 is 5.27. The second-order valence-electron chi connectivity index (χ2n) is 6.06. The van der Waals surface area contributed by atoms with Crippen LogP contribution in [0.4, 0.5) is 4.79 Å². The fourth-order valence-electron chi connectivity index (χ4n) is 3.13. The highest BCUT2D eigenvalue weighted by Crippen LogP contribution is 2.23. The van der Waals surface area contributed by atoms with Crippen molar-refractivity contribution in [2.75, 3.05) is 32.8 Å². The zero-order chi connectivity index (χ0) is 14.4. The maximum Gasteiger partial charge on any atom is 0.409 e. The lowest BCUT2D eigenvalue weighted by molar-refractivity contribution is 0.0543. The largest absolute Gasteiger partial charge is 0.449 e. The van der Waals surface area contributed by atoms with Crippen molar-refractivity contribution in [1.82, 2.24) is 9.80 Å². The molecule has 2 aliphatic rings. The zero-order valence-electron chi connectivity index (χ0n) is 12.7. The first-order valence-corrected chi connectivity index (χ1v) is 8.12. The molecule has 1 heterocycles. The van der Waals surface area contributed by atoms with Gasteiger partial charge in [0, 0.05) is 38.3 Å². The molecule has 1 amide bonds. The SMILES string of the molecule is CCCCOC(=O)N1CCN([C@H]2CC[C@H](N)CC2)CC1. The van der Waals surface area contributed by atoms with Crippen molar-refractivity contribution in [2.45, 2.75) is 57.5 Å². The Morgan fingerprint density at radius 1 is 1.15 bits per heavy atom. The molecule has 5 heteroatoms. The van der Waals surface area contributed by atoms with Crippen molar-refractivity contribution in [3.63, 3.8) is 0 Å². The van der Waals surface area contributed by atoms with Crippen LogP contribution in [-0.4, -0.2) is 60.8 Å². The van der Waals surface area contributed by atoms with Crippen molar-refractivity contribution in [3.8, 4) is 0 Å². The Balaban J connectivity index is 1.68. The summed E-state index contributed by atoms with van der Waals surface area (Å²) in [6.07, 6.45) is 6.58. The van der Waals surface area contributed by atoms with Crippen LogP contribution < -0.4 is 5.73 Å². The molecule has 5 nitrogen and oxygen atoms in total. The molecule has 20 heavy (non-hydrogen) atoms. The maximum atomic E-state index is 11.9. The van der Waals surface area contributed by atoms with Crippen LogP contribution in [0.1, 0.15) is 45.4 Å². The molecule has 1 saturated heterocycles. The van der Waals surface area contributed by atoms with Gasteiger partial charge in [-0.3, -0.25) is 4.90 Å². The molecule has 1 aliphatic heterocycles. The minimum Gasteiger partial charge on any atom is -0.449 e. The number of unbranched alkanes of at least 4 members (excludes halogenated alkanes) is 1. The predicted octanol–water partition coefficient (Wildman–Crippen LogP) is 1.81. The maximum absolute atomic E-state index is 11.9. The van der Waals surface area contributed by atoms with E-state index >= 15 is 0 Å². The van der Waals surface area contributed by atoms with Gasteiger partial charge in [0.15, 0.2) is 0 Å². The summed E-state index contributed by atoms with van der Waals surface area (Å²) in [6.45, 7) is 6.20.